The van der Waals surface area contributed by atoms with Crippen molar-refractivity contribution in [2.24, 2.45) is 0 Å². The Kier molecular flexibility index (Phi) is 6.42. The van der Waals surface area contributed by atoms with Crippen molar-refractivity contribution in [1.82, 2.24) is 10.3 Å². The van der Waals surface area contributed by atoms with Crippen molar-refractivity contribution in [3.8, 4) is 0 Å². The number of carboxylic acid groups (broad SMARTS) is 1. The molecule has 0 radical (unpaired) electrons. The smallest absolute Gasteiger partial charge is 0.326 e. The van der Waals surface area contributed by atoms with E-state index in [-0.39, 0.29) is 31.0 Å². The number of amides is 1. The number of carbonyl (C=O) groups excluding carboxylic acids is 1. The van der Waals surface area contributed by atoms with Crippen LogP contribution < -0.4 is 5.32 Å². The number of nitrogens with one attached hydrogen (secondary N) is 2. The van der Waals surface area contributed by atoms with Gasteiger partial charge in [-0.3, -0.25) is 4.79 Å². The number of carbonyl (C=O) groups is 2. The Morgan fingerprint density at radius 3 is 2.69 bits per heavy atom. The number of hydrogen-bond acceptors (Lipinski definition) is 3. The van der Waals surface area contributed by atoms with E-state index in [0.717, 1.165) is 22.0 Å². The van der Waals surface area contributed by atoms with Crippen molar-refractivity contribution in [1.29, 1.82) is 0 Å². The maximum absolute atomic E-state index is 12.2. The largest absolute Gasteiger partial charge is 0.480 e. The number of aromatic amines is 1. The lowest BCUT2D eigenvalue weighted by molar-refractivity contribution is -0.142. The predicted octanol–water partition coefficient (Wildman–Crippen LogP) is 3.18. The molecule has 26 heavy (non-hydrogen) atoms. The maximum Gasteiger partial charge on any atom is 0.326 e. The Morgan fingerprint density at radius 2 is 2.04 bits per heavy atom. The maximum atomic E-state index is 12.2. The molecule has 0 bridgehead atoms. The average molecular weight is 360 g/mol. The van der Waals surface area contributed by atoms with Gasteiger partial charge < -0.3 is 20.1 Å². The van der Waals surface area contributed by atoms with Crippen LogP contribution in [0.3, 0.4) is 0 Å². The molecule has 1 aromatic carbocycles. The van der Waals surface area contributed by atoms with Crippen LogP contribution in [-0.2, 0) is 20.7 Å². The highest BCUT2D eigenvalue weighted by atomic mass is 16.5. The molecule has 142 valence electrons. The molecular formula is C20H28N2O4. The van der Waals surface area contributed by atoms with Crippen LogP contribution in [0.5, 0.6) is 0 Å². The summed E-state index contributed by atoms with van der Waals surface area (Å²) in [4.78, 5) is 26.8. The quantitative estimate of drug-likeness (QED) is 0.674. The molecule has 6 nitrogen and oxygen atoms in total. The second kappa shape index (κ2) is 8.36. The van der Waals surface area contributed by atoms with Gasteiger partial charge in [0.25, 0.3) is 0 Å². The molecule has 0 aliphatic heterocycles. The number of aryl methyl sites for hydroxylation is 2. The summed E-state index contributed by atoms with van der Waals surface area (Å²) < 4.78 is 5.55. The van der Waals surface area contributed by atoms with Gasteiger partial charge in [-0.15, -0.1) is 0 Å². The molecule has 6 heteroatoms. The summed E-state index contributed by atoms with van der Waals surface area (Å²) in [6.07, 6.45) is 2.95. The van der Waals surface area contributed by atoms with Crippen LogP contribution in [0.2, 0.25) is 0 Å². The molecule has 3 N–H and O–H groups in total. The third kappa shape index (κ3) is 5.59. The fraction of sp³-hybridized carbons (Fsp3) is 0.500. The van der Waals surface area contributed by atoms with E-state index in [1.807, 2.05) is 52.1 Å². The number of aliphatic carboxylic acids is 1. The molecule has 0 saturated heterocycles. The number of hydrogen-bond donors (Lipinski definition) is 3. The monoisotopic (exact) mass is 360 g/mol. The number of carboxylic acids is 1. The Morgan fingerprint density at radius 1 is 1.31 bits per heavy atom. The van der Waals surface area contributed by atoms with E-state index in [0.29, 0.717) is 6.42 Å². The normalized spacial score (nSPS) is 12.9. The Bertz CT molecular complexity index is 774. The first-order chi connectivity index (χ1) is 12.2. The summed E-state index contributed by atoms with van der Waals surface area (Å²) >= 11 is 0. The van der Waals surface area contributed by atoms with E-state index in [2.05, 4.69) is 10.3 Å². The van der Waals surface area contributed by atoms with Crippen LogP contribution in [0.1, 0.15) is 44.7 Å². The van der Waals surface area contributed by atoms with Gasteiger partial charge in [0.1, 0.15) is 6.04 Å². The van der Waals surface area contributed by atoms with E-state index < -0.39 is 12.0 Å². The van der Waals surface area contributed by atoms with Gasteiger partial charge in [0.05, 0.1) is 5.60 Å². The van der Waals surface area contributed by atoms with Crippen molar-refractivity contribution < 1.29 is 19.4 Å². The van der Waals surface area contributed by atoms with Crippen molar-refractivity contribution in [3.63, 3.8) is 0 Å². The molecule has 1 aromatic heterocycles. The topological polar surface area (TPSA) is 91.4 Å². The fourth-order valence-electron chi connectivity index (χ4n) is 2.83. The number of fused-ring (bicyclic) bond motifs is 1. The molecule has 0 saturated carbocycles. The summed E-state index contributed by atoms with van der Waals surface area (Å²) in [5.74, 6) is -1.31. The number of benzene rings is 1. The molecule has 0 aliphatic rings. The number of H-pyrrole nitrogens is 1. The van der Waals surface area contributed by atoms with Crippen molar-refractivity contribution >= 4 is 22.8 Å². The van der Waals surface area contributed by atoms with E-state index in [9.17, 15) is 14.7 Å². The van der Waals surface area contributed by atoms with Gasteiger partial charge in [0.2, 0.25) is 5.91 Å². The highest BCUT2D eigenvalue weighted by Gasteiger charge is 2.21. The SMILES string of the molecule is Cc1cccc2c(CCC(=O)NC(CCOC(C)(C)C)C(=O)O)c[nH]c12. The summed E-state index contributed by atoms with van der Waals surface area (Å²) in [6, 6.07) is 5.11. The van der Waals surface area contributed by atoms with Gasteiger partial charge in [-0.05, 0) is 45.2 Å². The van der Waals surface area contributed by atoms with Gasteiger partial charge in [-0.1, -0.05) is 18.2 Å². The third-order valence-corrected chi connectivity index (χ3v) is 4.21. The van der Waals surface area contributed by atoms with E-state index in [1.54, 1.807) is 0 Å². The molecule has 2 aromatic rings. The Balaban J connectivity index is 1.89. The fourth-order valence-corrected chi connectivity index (χ4v) is 2.83. The molecule has 0 aliphatic carbocycles. The van der Waals surface area contributed by atoms with Crippen molar-refractivity contribution in [2.45, 2.75) is 58.6 Å². The second-order valence-corrected chi connectivity index (χ2v) is 7.52. The summed E-state index contributed by atoms with van der Waals surface area (Å²) in [7, 11) is 0. The van der Waals surface area contributed by atoms with Crippen LogP contribution in [0.15, 0.2) is 24.4 Å². The standard InChI is InChI=1S/C20H28N2O4/c1-13-6-5-7-15-14(12-21-18(13)15)8-9-17(23)22-16(19(24)25)10-11-26-20(2,3)4/h5-7,12,16,21H,8-11H2,1-4H3,(H,22,23)(H,24,25). The first-order valence-electron chi connectivity index (χ1n) is 8.89. The number of rotatable bonds is 8. The van der Waals surface area contributed by atoms with Crippen LogP contribution in [0, 0.1) is 6.92 Å². The van der Waals surface area contributed by atoms with E-state index in [4.69, 9.17) is 4.74 Å². The predicted molar refractivity (Wildman–Crippen MR) is 101 cm³/mol. The third-order valence-electron chi connectivity index (χ3n) is 4.21. The molecular weight excluding hydrogens is 332 g/mol. The zero-order chi connectivity index (χ0) is 19.3. The Labute approximate surface area is 153 Å². The molecule has 2 rings (SSSR count). The van der Waals surface area contributed by atoms with Gasteiger partial charge in [-0.25, -0.2) is 4.79 Å². The summed E-state index contributed by atoms with van der Waals surface area (Å²) in [5.41, 5.74) is 2.95. The molecule has 0 spiro atoms. The first kappa shape index (κ1) is 20.0. The average Bonchev–Trinajstić information content (AvgIpc) is 2.95. The Hall–Kier alpha value is -2.34. The van der Waals surface area contributed by atoms with Crippen LogP contribution >= 0.6 is 0 Å². The van der Waals surface area contributed by atoms with Crippen molar-refractivity contribution in [3.05, 3.63) is 35.5 Å². The van der Waals surface area contributed by atoms with Crippen molar-refractivity contribution in [2.75, 3.05) is 6.61 Å². The minimum Gasteiger partial charge on any atom is -0.480 e. The molecule has 0 fully saturated rings. The highest BCUT2D eigenvalue weighted by Crippen LogP contribution is 2.22. The minimum absolute atomic E-state index is 0.241. The van der Waals surface area contributed by atoms with Crippen LogP contribution in [0.4, 0.5) is 0 Å². The highest BCUT2D eigenvalue weighted by molar-refractivity contribution is 5.87. The zero-order valence-corrected chi connectivity index (χ0v) is 15.9. The lowest BCUT2D eigenvalue weighted by Crippen LogP contribution is -2.42. The lowest BCUT2D eigenvalue weighted by atomic mass is 10.1. The number of aromatic nitrogens is 1. The number of ether oxygens (including phenoxy) is 1. The van der Waals surface area contributed by atoms with E-state index >= 15 is 0 Å². The second-order valence-electron chi connectivity index (χ2n) is 7.52. The first-order valence-corrected chi connectivity index (χ1v) is 8.89. The molecule has 1 heterocycles. The van der Waals surface area contributed by atoms with Crippen LogP contribution in [-0.4, -0.2) is 40.2 Å². The summed E-state index contributed by atoms with van der Waals surface area (Å²) in [6.45, 7) is 8.04. The molecule has 1 amide bonds. The van der Waals surface area contributed by atoms with Gasteiger partial charge in [-0.2, -0.15) is 0 Å². The zero-order valence-electron chi connectivity index (χ0n) is 15.9. The molecule has 1 atom stereocenters. The van der Waals surface area contributed by atoms with Gasteiger partial charge in [0, 0.05) is 36.5 Å². The summed E-state index contributed by atoms with van der Waals surface area (Å²) in [5, 5.41) is 13.0. The van der Waals surface area contributed by atoms with Gasteiger partial charge >= 0.3 is 5.97 Å². The molecule has 1 unspecified atom stereocenters. The van der Waals surface area contributed by atoms with Crippen LogP contribution in [0.25, 0.3) is 10.9 Å². The number of para-hydroxylation sites is 1. The minimum atomic E-state index is -1.04. The van der Waals surface area contributed by atoms with E-state index in [1.165, 1.54) is 0 Å². The van der Waals surface area contributed by atoms with Gasteiger partial charge in [0.15, 0.2) is 0 Å². The lowest BCUT2D eigenvalue weighted by Gasteiger charge is -2.21.